The average molecular weight is 406 g/mol. The highest BCUT2D eigenvalue weighted by Gasteiger charge is 2.14. The summed E-state index contributed by atoms with van der Waals surface area (Å²) in [4.78, 5) is 6.68. The third kappa shape index (κ3) is 7.48. The van der Waals surface area contributed by atoms with Crippen LogP contribution in [0.3, 0.4) is 0 Å². The third-order valence-corrected chi connectivity index (χ3v) is 5.86. The van der Waals surface area contributed by atoms with E-state index in [1.54, 1.807) is 13.8 Å². The zero-order valence-corrected chi connectivity index (χ0v) is 17.7. The molecule has 0 bridgehead atoms. The minimum absolute atomic E-state index is 0.0160. The van der Waals surface area contributed by atoms with Gasteiger partial charge < -0.3 is 4.74 Å². The van der Waals surface area contributed by atoms with Gasteiger partial charge in [0.15, 0.2) is 5.90 Å². The SMILES string of the molecule is C=C/C=C(\N=C(C)OCCCCN1CCc2ccccc2C1)NS(=O)(=O)CC. The second-order valence-corrected chi connectivity index (χ2v) is 8.79. The Hall–Kier alpha value is -2.12. The maximum absolute atomic E-state index is 11.7. The fourth-order valence-corrected chi connectivity index (χ4v) is 3.62. The molecule has 0 aliphatic carbocycles. The smallest absolute Gasteiger partial charge is 0.233 e. The number of nitrogens with zero attached hydrogens (tertiary/aromatic N) is 2. The largest absolute Gasteiger partial charge is 0.481 e. The van der Waals surface area contributed by atoms with Crippen LogP contribution in [0.25, 0.3) is 0 Å². The molecular weight excluding hydrogens is 374 g/mol. The van der Waals surface area contributed by atoms with Crippen molar-refractivity contribution < 1.29 is 13.2 Å². The number of benzene rings is 1. The summed E-state index contributed by atoms with van der Waals surface area (Å²) in [7, 11) is -3.38. The molecule has 1 N–H and O–H groups in total. The van der Waals surface area contributed by atoms with E-state index in [9.17, 15) is 8.42 Å². The first-order valence-corrected chi connectivity index (χ1v) is 11.4. The molecule has 0 amide bonds. The average Bonchev–Trinajstić information content (AvgIpc) is 2.67. The highest BCUT2D eigenvalue weighted by atomic mass is 32.2. The highest BCUT2D eigenvalue weighted by Crippen LogP contribution is 2.18. The van der Waals surface area contributed by atoms with Gasteiger partial charge in [-0.3, -0.25) is 9.62 Å². The molecule has 0 aromatic heterocycles. The summed E-state index contributed by atoms with van der Waals surface area (Å²) in [6, 6.07) is 8.65. The Morgan fingerprint density at radius 1 is 1.32 bits per heavy atom. The number of hydrogen-bond donors (Lipinski definition) is 1. The van der Waals surface area contributed by atoms with Crippen molar-refractivity contribution in [2.75, 3.05) is 25.4 Å². The Morgan fingerprint density at radius 2 is 2.07 bits per heavy atom. The number of nitrogens with one attached hydrogen (secondary N) is 1. The summed E-state index contributed by atoms with van der Waals surface area (Å²) < 4.78 is 31.4. The van der Waals surface area contributed by atoms with Gasteiger partial charge in [0, 0.05) is 20.0 Å². The predicted octanol–water partition coefficient (Wildman–Crippen LogP) is 3.23. The normalized spacial score (nSPS) is 15.8. The minimum atomic E-state index is -3.38. The van der Waals surface area contributed by atoms with Gasteiger partial charge in [0.2, 0.25) is 10.0 Å². The molecule has 1 aromatic carbocycles. The summed E-state index contributed by atoms with van der Waals surface area (Å²) in [6.07, 6.45) is 6.08. The van der Waals surface area contributed by atoms with E-state index in [2.05, 4.69) is 45.5 Å². The summed E-state index contributed by atoms with van der Waals surface area (Å²) >= 11 is 0. The molecule has 1 heterocycles. The number of ether oxygens (including phenoxy) is 1. The Labute approximate surface area is 169 Å². The van der Waals surface area contributed by atoms with Crippen molar-refractivity contribution in [3.05, 3.63) is 59.9 Å². The van der Waals surface area contributed by atoms with Crippen molar-refractivity contribution in [1.29, 1.82) is 0 Å². The summed E-state index contributed by atoms with van der Waals surface area (Å²) in [5.74, 6) is 0.623. The molecule has 28 heavy (non-hydrogen) atoms. The molecule has 2 rings (SSSR count). The zero-order valence-electron chi connectivity index (χ0n) is 16.9. The number of hydrogen-bond acceptors (Lipinski definition) is 5. The molecule has 6 nitrogen and oxygen atoms in total. The second-order valence-electron chi connectivity index (χ2n) is 6.77. The summed E-state index contributed by atoms with van der Waals surface area (Å²) in [6.45, 7) is 10.6. The van der Waals surface area contributed by atoms with Gasteiger partial charge in [0.25, 0.3) is 0 Å². The lowest BCUT2D eigenvalue weighted by Crippen LogP contribution is -2.31. The van der Waals surface area contributed by atoms with Gasteiger partial charge in [-0.1, -0.05) is 36.9 Å². The van der Waals surface area contributed by atoms with Gasteiger partial charge in [0.05, 0.1) is 12.4 Å². The molecule has 0 spiro atoms. The van der Waals surface area contributed by atoms with Crippen molar-refractivity contribution in [1.82, 2.24) is 9.62 Å². The van der Waals surface area contributed by atoms with E-state index in [1.165, 1.54) is 23.3 Å². The minimum Gasteiger partial charge on any atom is -0.481 e. The van der Waals surface area contributed by atoms with Crippen LogP contribution in [0.1, 0.15) is 37.8 Å². The van der Waals surface area contributed by atoms with Crippen LogP contribution in [0.2, 0.25) is 0 Å². The van der Waals surface area contributed by atoms with E-state index in [4.69, 9.17) is 4.74 Å². The van der Waals surface area contributed by atoms with Crippen molar-refractivity contribution >= 4 is 15.9 Å². The van der Waals surface area contributed by atoms with Crippen molar-refractivity contribution in [2.45, 2.75) is 39.7 Å². The van der Waals surface area contributed by atoms with Gasteiger partial charge >= 0.3 is 0 Å². The zero-order chi connectivity index (χ0) is 20.4. The van der Waals surface area contributed by atoms with Gasteiger partial charge in [-0.05, 0) is 49.9 Å². The van der Waals surface area contributed by atoms with Gasteiger partial charge in [0.1, 0.15) is 5.82 Å². The fourth-order valence-electron chi connectivity index (χ4n) is 3.04. The molecule has 0 radical (unpaired) electrons. The second kappa shape index (κ2) is 11.0. The number of aliphatic imine (C=N–C) groups is 1. The Kier molecular flexibility index (Phi) is 8.73. The van der Waals surface area contributed by atoms with Crippen LogP contribution >= 0.6 is 0 Å². The van der Waals surface area contributed by atoms with Gasteiger partial charge in [-0.25, -0.2) is 8.42 Å². The number of fused-ring (bicyclic) bond motifs is 1. The fraction of sp³-hybridized carbons (Fsp3) is 0.476. The van der Waals surface area contributed by atoms with E-state index < -0.39 is 10.0 Å². The monoisotopic (exact) mass is 405 g/mol. The first-order valence-electron chi connectivity index (χ1n) is 9.74. The molecule has 0 saturated heterocycles. The molecule has 1 aliphatic rings. The van der Waals surface area contributed by atoms with Gasteiger partial charge in [-0.15, -0.1) is 0 Å². The number of allylic oxidation sites excluding steroid dienone is 2. The lowest BCUT2D eigenvalue weighted by Gasteiger charge is -2.28. The lowest BCUT2D eigenvalue weighted by molar-refractivity contribution is 0.231. The number of unbranched alkanes of at least 4 members (excludes halogenated alkanes) is 1. The molecule has 0 fully saturated rings. The molecule has 1 aromatic rings. The highest BCUT2D eigenvalue weighted by molar-refractivity contribution is 7.89. The molecule has 1 aliphatic heterocycles. The van der Waals surface area contributed by atoms with Gasteiger partial charge in [-0.2, -0.15) is 4.99 Å². The van der Waals surface area contributed by atoms with Crippen molar-refractivity contribution in [3.63, 3.8) is 0 Å². The topological polar surface area (TPSA) is 71.0 Å². The molecular formula is C21H31N3O3S. The van der Waals surface area contributed by atoms with Crippen LogP contribution in [0, 0.1) is 0 Å². The molecule has 7 heteroatoms. The van der Waals surface area contributed by atoms with Crippen LogP contribution < -0.4 is 4.72 Å². The summed E-state index contributed by atoms with van der Waals surface area (Å²) in [5.41, 5.74) is 2.90. The molecule has 0 atom stereocenters. The van der Waals surface area contributed by atoms with Crippen LogP contribution in [0.15, 0.2) is 53.8 Å². The quantitative estimate of drug-likeness (QED) is 0.281. The first-order chi connectivity index (χ1) is 13.4. The lowest BCUT2D eigenvalue weighted by atomic mass is 10.00. The first kappa shape index (κ1) is 22.2. The van der Waals surface area contributed by atoms with E-state index in [-0.39, 0.29) is 11.6 Å². The number of rotatable bonds is 10. The molecule has 154 valence electrons. The third-order valence-electron chi connectivity index (χ3n) is 4.58. The Balaban J connectivity index is 1.71. The van der Waals surface area contributed by atoms with Crippen molar-refractivity contribution in [3.8, 4) is 0 Å². The van der Waals surface area contributed by atoms with Crippen LogP contribution in [0.4, 0.5) is 0 Å². The van der Waals surface area contributed by atoms with E-state index in [0.29, 0.717) is 12.5 Å². The Morgan fingerprint density at radius 3 is 2.79 bits per heavy atom. The van der Waals surface area contributed by atoms with Crippen LogP contribution in [-0.2, 0) is 27.7 Å². The summed E-state index contributed by atoms with van der Waals surface area (Å²) in [5, 5.41) is 0. The van der Waals surface area contributed by atoms with E-state index in [0.717, 1.165) is 38.9 Å². The number of sulfonamides is 1. The van der Waals surface area contributed by atoms with Crippen molar-refractivity contribution in [2.24, 2.45) is 4.99 Å². The maximum atomic E-state index is 11.7. The Bertz CT molecular complexity index is 816. The molecule has 0 saturated carbocycles. The van der Waals surface area contributed by atoms with Crippen LogP contribution in [0.5, 0.6) is 0 Å². The predicted molar refractivity (Wildman–Crippen MR) is 115 cm³/mol. The maximum Gasteiger partial charge on any atom is 0.233 e. The molecule has 0 unspecified atom stereocenters. The van der Waals surface area contributed by atoms with Crippen LogP contribution in [-0.4, -0.2) is 44.7 Å². The standard InChI is InChI=1S/C21H31N3O3S/c1-4-10-21(23-28(25,26)5-2)22-18(3)27-16-9-8-14-24-15-13-19-11-6-7-12-20(19)17-24/h4,6-7,10-12,23H,1,5,8-9,13-17H2,2-3H3/b21-10+,22-18?. The van der Waals surface area contributed by atoms with E-state index >= 15 is 0 Å². The van der Waals surface area contributed by atoms with E-state index in [1.807, 2.05) is 0 Å².